The minimum atomic E-state index is -0.325. The Morgan fingerprint density at radius 1 is 0.900 bits per heavy atom. The molecule has 0 unspecified atom stereocenters. The van der Waals surface area contributed by atoms with E-state index in [1.165, 1.54) is 57.4 Å². The molecule has 1 heterocycles. The number of H-pyrrole nitrogens is 1. The Kier molecular flexibility index (Phi) is 8.76. The highest BCUT2D eigenvalue weighted by atomic mass is 16.2. The van der Waals surface area contributed by atoms with Crippen molar-refractivity contribution in [3.63, 3.8) is 0 Å². The summed E-state index contributed by atoms with van der Waals surface area (Å²) in [5, 5.41) is 0. The van der Waals surface area contributed by atoms with E-state index in [4.69, 9.17) is 0 Å². The van der Waals surface area contributed by atoms with Crippen LogP contribution in [0.15, 0.2) is 21.9 Å². The van der Waals surface area contributed by atoms with Crippen molar-refractivity contribution >= 4 is 0 Å². The number of hydrogen-bond acceptors (Lipinski definition) is 2. The van der Waals surface area contributed by atoms with Crippen molar-refractivity contribution in [2.45, 2.75) is 77.7 Å². The molecule has 1 N–H and O–H groups in total. The van der Waals surface area contributed by atoms with Crippen molar-refractivity contribution in [2.75, 3.05) is 0 Å². The van der Waals surface area contributed by atoms with E-state index in [1.54, 1.807) is 10.8 Å². The normalized spacial score (nSPS) is 10.8. The van der Waals surface area contributed by atoms with Crippen LogP contribution in [0.3, 0.4) is 0 Å². The molecular formula is C16H28N2O2. The average Bonchev–Trinajstić information content (AvgIpc) is 2.43. The number of nitrogens with zero attached hydrogens (tertiary/aromatic N) is 1. The van der Waals surface area contributed by atoms with Gasteiger partial charge in [-0.15, -0.1) is 0 Å². The fraction of sp³-hybridized carbons (Fsp3) is 0.750. The fourth-order valence-electron chi connectivity index (χ4n) is 2.39. The van der Waals surface area contributed by atoms with Crippen molar-refractivity contribution < 1.29 is 0 Å². The lowest BCUT2D eigenvalue weighted by Gasteiger charge is -2.04. The maximum Gasteiger partial charge on any atom is 0.328 e. The number of unbranched alkanes of at least 4 members (excludes halogenated alkanes) is 9. The maximum absolute atomic E-state index is 11.4. The zero-order valence-corrected chi connectivity index (χ0v) is 12.7. The lowest BCUT2D eigenvalue weighted by atomic mass is 10.1. The number of hydrogen-bond donors (Lipinski definition) is 1. The fourth-order valence-corrected chi connectivity index (χ4v) is 2.39. The van der Waals surface area contributed by atoms with E-state index in [-0.39, 0.29) is 11.2 Å². The second-order valence-corrected chi connectivity index (χ2v) is 5.49. The maximum atomic E-state index is 11.4. The molecular weight excluding hydrogens is 252 g/mol. The van der Waals surface area contributed by atoms with Crippen LogP contribution < -0.4 is 11.2 Å². The van der Waals surface area contributed by atoms with Crippen LogP contribution >= 0.6 is 0 Å². The summed E-state index contributed by atoms with van der Waals surface area (Å²) in [4.78, 5) is 24.6. The Hall–Kier alpha value is -1.32. The molecule has 4 heteroatoms. The van der Waals surface area contributed by atoms with Crippen molar-refractivity contribution in [3.05, 3.63) is 33.1 Å². The summed E-state index contributed by atoms with van der Waals surface area (Å²) in [6.45, 7) is 2.94. The Morgan fingerprint density at radius 3 is 2.00 bits per heavy atom. The highest BCUT2D eigenvalue weighted by molar-refractivity contribution is 4.82. The first-order valence-electron chi connectivity index (χ1n) is 8.04. The highest BCUT2D eigenvalue weighted by Crippen LogP contribution is 2.10. The molecule has 0 spiro atoms. The minimum Gasteiger partial charge on any atom is -0.301 e. The quantitative estimate of drug-likeness (QED) is 0.631. The van der Waals surface area contributed by atoms with E-state index in [0.29, 0.717) is 6.54 Å². The SMILES string of the molecule is CCCCCCCCCCCCn1ccc(=O)[nH]c1=O. The molecule has 1 rings (SSSR count). The Labute approximate surface area is 121 Å². The topological polar surface area (TPSA) is 54.9 Å². The van der Waals surface area contributed by atoms with Crippen molar-refractivity contribution in [1.82, 2.24) is 9.55 Å². The summed E-state index contributed by atoms with van der Waals surface area (Å²) in [7, 11) is 0. The molecule has 0 bridgehead atoms. The van der Waals surface area contributed by atoms with E-state index < -0.39 is 0 Å². The first kappa shape index (κ1) is 16.7. The monoisotopic (exact) mass is 280 g/mol. The van der Waals surface area contributed by atoms with Crippen molar-refractivity contribution in [1.29, 1.82) is 0 Å². The van der Waals surface area contributed by atoms with E-state index in [1.807, 2.05) is 0 Å². The van der Waals surface area contributed by atoms with Crippen LogP contribution in [0.1, 0.15) is 71.1 Å². The Balaban J connectivity index is 1.99. The summed E-state index contributed by atoms with van der Waals surface area (Å²) in [5.41, 5.74) is -0.622. The smallest absolute Gasteiger partial charge is 0.301 e. The number of aromatic nitrogens is 2. The molecule has 0 saturated carbocycles. The molecule has 1 aromatic heterocycles. The van der Waals surface area contributed by atoms with Gasteiger partial charge in [0.1, 0.15) is 0 Å². The third-order valence-corrected chi connectivity index (χ3v) is 3.65. The van der Waals surface area contributed by atoms with Crippen LogP contribution in [0, 0.1) is 0 Å². The Bertz CT molecular complexity index is 462. The lowest BCUT2D eigenvalue weighted by molar-refractivity contribution is 0.526. The van der Waals surface area contributed by atoms with E-state index in [0.717, 1.165) is 12.8 Å². The zero-order valence-electron chi connectivity index (χ0n) is 12.7. The molecule has 0 aliphatic rings. The first-order valence-corrected chi connectivity index (χ1v) is 8.04. The molecule has 0 amide bonds. The number of aromatic amines is 1. The molecule has 20 heavy (non-hydrogen) atoms. The minimum absolute atomic E-state index is 0.298. The lowest BCUT2D eigenvalue weighted by Crippen LogP contribution is -2.28. The average molecular weight is 280 g/mol. The van der Waals surface area contributed by atoms with Gasteiger partial charge in [0.25, 0.3) is 5.56 Å². The first-order chi connectivity index (χ1) is 9.74. The largest absolute Gasteiger partial charge is 0.328 e. The molecule has 0 aliphatic heterocycles. The molecule has 1 aromatic rings. The molecule has 0 fully saturated rings. The van der Waals surface area contributed by atoms with Gasteiger partial charge in [0.05, 0.1) is 0 Å². The standard InChI is InChI=1S/C16H28N2O2/c1-2-3-4-5-6-7-8-9-10-11-13-18-14-12-15(19)17-16(18)20/h12,14H,2-11,13H2,1H3,(H,17,19,20). The molecule has 114 valence electrons. The molecule has 4 nitrogen and oxygen atoms in total. The second kappa shape index (κ2) is 10.5. The number of aryl methyl sites for hydroxylation is 1. The van der Waals surface area contributed by atoms with E-state index in [2.05, 4.69) is 11.9 Å². The summed E-state index contributed by atoms with van der Waals surface area (Å²) in [6, 6.07) is 1.40. The van der Waals surface area contributed by atoms with Crippen LogP contribution in [0.4, 0.5) is 0 Å². The molecule has 0 radical (unpaired) electrons. The summed E-state index contributed by atoms with van der Waals surface area (Å²) in [5.74, 6) is 0. The van der Waals surface area contributed by atoms with Gasteiger partial charge >= 0.3 is 5.69 Å². The van der Waals surface area contributed by atoms with Gasteiger partial charge in [0.2, 0.25) is 0 Å². The third kappa shape index (κ3) is 7.31. The number of nitrogens with one attached hydrogen (secondary N) is 1. The van der Waals surface area contributed by atoms with E-state index >= 15 is 0 Å². The summed E-state index contributed by atoms with van der Waals surface area (Å²) >= 11 is 0. The predicted octanol–water partition coefficient (Wildman–Crippen LogP) is 3.46. The van der Waals surface area contributed by atoms with Gasteiger partial charge in [-0.1, -0.05) is 64.7 Å². The molecule has 0 aromatic carbocycles. The van der Waals surface area contributed by atoms with Gasteiger partial charge in [-0.3, -0.25) is 9.78 Å². The number of rotatable bonds is 11. The molecule has 0 atom stereocenters. The van der Waals surface area contributed by atoms with Crippen LogP contribution in [0.2, 0.25) is 0 Å². The summed E-state index contributed by atoms with van der Waals surface area (Å²) < 4.78 is 1.58. The van der Waals surface area contributed by atoms with Gasteiger partial charge in [0, 0.05) is 18.8 Å². The van der Waals surface area contributed by atoms with Gasteiger partial charge in [-0.2, -0.15) is 0 Å². The summed E-state index contributed by atoms with van der Waals surface area (Å²) in [6.07, 6.45) is 14.4. The van der Waals surface area contributed by atoms with Crippen molar-refractivity contribution in [2.24, 2.45) is 0 Å². The van der Waals surface area contributed by atoms with Crippen LogP contribution in [0.25, 0.3) is 0 Å². The Morgan fingerprint density at radius 2 is 1.45 bits per heavy atom. The van der Waals surface area contributed by atoms with Gasteiger partial charge in [-0.25, -0.2) is 4.79 Å². The second-order valence-electron chi connectivity index (χ2n) is 5.49. The van der Waals surface area contributed by atoms with Gasteiger partial charge in [-0.05, 0) is 6.42 Å². The molecule has 0 saturated heterocycles. The van der Waals surface area contributed by atoms with Gasteiger partial charge in [0.15, 0.2) is 0 Å². The molecule has 0 aliphatic carbocycles. The van der Waals surface area contributed by atoms with Crippen molar-refractivity contribution in [3.8, 4) is 0 Å². The van der Waals surface area contributed by atoms with E-state index in [9.17, 15) is 9.59 Å². The predicted molar refractivity (Wildman–Crippen MR) is 83.2 cm³/mol. The van der Waals surface area contributed by atoms with Crippen LogP contribution in [0.5, 0.6) is 0 Å². The highest BCUT2D eigenvalue weighted by Gasteiger charge is 1.97. The van der Waals surface area contributed by atoms with Crippen LogP contribution in [-0.4, -0.2) is 9.55 Å². The third-order valence-electron chi connectivity index (χ3n) is 3.65. The zero-order chi connectivity index (χ0) is 14.6. The van der Waals surface area contributed by atoms with Gasteiger partial charge < -0.3 is 4.57 Å². The van der Waals surface area contributed by atoms with Crippen LogP contribution in [-0.2, 0) is 6.54 Å².